The van der Waals surface area contributed by atoms with E-state index in [-0.39, 0.29) is 17.1 Å². The third-order valence-electron chi connectivity index (χ3n) is 5.90. The normalized spacial score (nSPS) is 28.4. The van der Waals surface area contributed by atoms with Gasteiger partial charge in [-0.25, -0.2) is 0 Å². The Morgan fingerprint density at radius 2 is 1.26 bits per heavy atom. The Kier molecular flexibility index (Phi) is 13.5. The molecule has 0 aromatic heterocycles. The van der Waals surface area contributed by atoms with E-state index in [9.17, 15) is 0 Å². The Morgan fingerprint density at radius 3 is 1.93 bits per heavy atom. The molecule has 0 saturated carbocycles. The molecule has 2 unspecified atom stereocenters. The summed E-state index contributed by atoms with van der Waals surface area (Å²) in [6.45, 7) is 16.7. The van der Waals surface area contributed by atoms with Crippen molar-refractivity contribution in [2.75, 3.05) is 72.0 Å². The van der Waals surface area contributed by atoms with E-state index >= 15 is 0 Å². The third-order valence-corrected chi connectivity index (χ3v) is 6.76. The average molecular weight is 462 g/mol. The van der Waals surface area contributed by atoms with E-state index in [1.54, 1.807) is 0 Å². The van der Waals surface area contributed by atoms with Crippen molar-refractivity contribution in [1.29, 1.82) is 0 Å². The van der Waals surface area contributed by atoms with Crippen LogP contribution in [0.25, 0.3) is 0 Å². The number of rotatable bonds is 6. The maximum Gasteiger partial charge on any atom is 2.00 e. The molecule has 0 aromatic carbocycles. The van der Waals surface area contributed by atoms with Gasteiger partial charge >= 0.3 is 17.1 Å². The zero-order valence-corrected chi connectivity index (χ0v) is 20.1. The number of hydrogen-bond acceptors (Lipinski definition) is 4. The van der Waals surface area contributed by atoms with Crippen LogP contribution in [0.2, 0.25) is 0 Å². The molecule has 0 amide bonds. The number of halogens is 2. The van der Waals surface area contributed by atoms with Crippen LogP contribution in [-0.4, -0.2) is 96.0 Å². The van der Waals surface area contributed by atoms with Crippen LogP contribution >= 0.6 is 23.2 Å². The van der Waals surface area contributed by atoms with E-state index in [0.717, 1.165) is 45.7 Å². The molecule has 2 saturated heterocycles. The second-order valence-corrected chi connectivity index (χ2v) is 9.43. The topological polar surface area (TPSA) is 13.0 Å². The summed E-state index contributed by atoms with van der Waals surface area (Å²) in [5.41, 5.74) is 0. The molecule has 0 spiro atoms. The van der Waals surface area contributed by atoms with Crippen molar-refractivity contribution in [3.8, 4) is 0 Å². The molecule has 7 heteroatoms. The number of unbranched alkanes of at least 4 members (excludes halogenated alkanes) is 2. The first kappa shape index (κ1) is 26.0. The summed E-state index contributed by atoms with van der Waals surface area (Å²) in [7, 11) is 0. The molecule has 0 aromatic rings. The van der Waals surface area contributed by atoms with Crippen molar-refractivity contribution in [2.45, 2.75) is 56.8 Å². The maximum absolute atomic E-state index is 6.86. The second-order valence-electron chi connectivity index (χ2n) is 7.99. The average Bonchev–Trinajstić information content (AvgIpc) is 2.63. The zero-order chi connectivity index (χ0) is 18.8. The Balaban J connectivity index is 0.00000364. The smallest absolute Gasteiger partial charge is 0.302 e. The van der Waals surface area contributed by atoms with Crippen LogP contribution in [0.4, 0.5) is 0 Å². The van der Waals surface area contributed by atoms with Crippen molar-refractivity contribution in [1.82, 2.24) is 19.6 Å². The van der Waals surface area contributed by atoms with Gasteiger partial charge in [0.1, 0.15) is 0 Å². The van der Waals surface area contributed by atoms with Gasteiger partial charge in [0, 0.05) is 52.2 Å². The molecule has 2 fully saturated rings. The summed E-state index contributed by atoms with van der Waals surface area (Å²) >= 11 is 13.7. The van der Waals surface area contributed by atoms with Gasteiger partial charge < -0.3 is 14.7 Å². The summed E-state index contributed by atoms with van der Waals surface area (Å²) in [6.07, 6.45) is 7.14. The fourth-order valence-corrected chi connectivity index (χ4v) is 4.49. The van der Waals surface area contributed by atoms with Gasteiger partial charge in [0.05, 0.1) is 0 Å². The Labute approximate surface area is 188 Å². The molecule has 1 radical (unpaired) electrons. The first-order valence-electron chi connectivity index (χ1n) is 10.8. The molecule has 159 valence electrons. The van der Waals surface area contributed by atoms with Gasteiger partial charge in [0.15, 0.2) is 4.46 Å². The van der Waals surface area contributed by atoms with Crippen LogP contribution < -0.4 is 0 Å². The minimum Gasteiger partial charge on any atom is -0.302 e. The summed E-state index contributed by atoms with van der Waals surface area (Å²) in [6, 6.07) is 0. The number of nitrogens with zero attached hydrogens (tertiary/aromatic N) is 4. The minimum atomic E-state index is -0.747. The molecule has 2 atom stereocenters. The van der Waals surface area contributed by atoms with E-state index < -0.39 is 4.46 Å². The van der Waals surface area contributed by atoms with Crippen LogP contribution in [0.3, 0.4) is 0 Å². The Hall–Kier alpha value is 0.939. The summed E-state index contributed by atoms with van der Waals surface area (Å²) in [5.74, 6) is 0. The van der Waals surface area contributed by atoms with Crippen molar-refractivity contribution in [2.24, 2.45) is 0 Å². The summed E-state index contributed by atoms with van der Waals surface area (Å²) in [4.78, 5) is 10.1. The number of alkyl halides is 2. The van der Waals surface area contributed by atoms with E-state index in [0.29, 0.717) is 0 Å². The molecular formula is C20H40Cl2MnN4+2. The molecule has 2 aliphatic rings. The van der Waals surface area contributed by atoms with Gasteiger partial charge in [-0.1, -0.05) is 49.9 Å². The predicted molar refractivity (Wildman–Crippen MR) is 114 cm³/mol. The quantitative estimate of drug-likeness (QED) is 0.339. The predicted octanol–water partition coefficient (Wildman–Crippen LogP) is 3.73. The van der Waals surface area contributed by atoms with Gasteiger partial charge in [-0.15, -0.1) is 0 Å². The molecule has 2 aliphatic heterocycles. The van der Waals surface area contributed by atoms with Gasteiger partial charge in [-0.2, -0.15) is 0 Å². The van der Waals surface area contributed by atoms with Gasteiger partial charge in [0.25, 0.3) is 0 Å². The van der Waals surface area contributed by atoms with Crippen LogP contribution in [0.5, 0.6) is 0 Å². The van der Waals surface area contributed by atoms with Crippen LogP contribution in [0.15, 0.2) is 0 Å². The minimum absolute atomic E-state index is 0. The van der Waals surface area contributed by atoms with Gasteiger partial charge in [0.2, 0.25) is 0 Å². The summed E-state index contributed by atoms with van der Waals surface area (Å²) in [5, 5.41) is 0. The van der Waals surface area contributed by atoms with Crippen LogP contribution in [0, 0.1) is 0 Å². The molecular weight excluding hydrogens is 422 g/mol. The molecule has 2 bridgehead atoms. The van der Waals surface area contributed by atoms with Crippen molar-refractivity contribution in [3.05, 3.63) is 0 Å². The maximum atomic E-state index is 6.86. The molecule has 2 rings (SSSR count). The van der Waals surface area contributed by atoms with E-state index in [1.807, 2.05) is 0 Å². The van der Waals surface area contributed by atoms with Crippen molar-refractivity contribution in [3.63, 3.8) is 0 Å². The molecule has 4 nitrogen and oxygen atoms in total. The fraction of sp³-hybridized carbons (Fsp3) is 1.00. The molecule has 2 heterocycles. The van der Waals surface area contributed by atoms with Crippen molar-refractivity contribution < 1.29 is 17.1 Å². The van der Waals surface area contributed by atoms with Crippen LogP contribution in [-0.2, 0) is 17.1 Å². The summed E-state index contributed by atoms with van der Waals surface area (Å²) < 4.78 is -0.747. The molecule has 27 heavy (non-hydrogen) atoms. The Bertz CT molecular complexity index is 387. The second kappa shape index (κ2) is 14.0. The first-order valence-corrected chi connectivity index (χ1v) is 11.6. The fourth-order valence-electron chi connectivity index (χ4n) is 3.98. The largest absolute Gasteiger partial charge is 2.00 e. The monoisotopic (exact) mass is 461 g/mol. The third kappa shape index (κ3) is 9.53. The molecule has 0 aliphatic carbocycles. The standard InChI is InChI=1S/C20H40Cl2N4.Mn/c1-3-5-9-23-11-7-12-25-15-14-24(10-6-4-2)13-8-20(21,22)26(18-16-23)19-17-25;/h3-19H2,1-2H3;/q;+2. The SMILES string of the molecule is CCCCN1CCCN2CCN(CCCC)CCC(Cl)(Cl)N(CC1)CC2.[Mn+2]. The van der Waals surface area contributed by atoms with E-state index in [4.69, 9.17) is 23.2 Å². The zero-order valence-electron chi connectivity index (χ0n) is 17.4. The van der Waals surface area contributed by atoms with Gasteiger partial charge in [-0.3, -0.25) is 4.90 Å². The Morgan fingerprint density at radius 1 is 0.704 bits per heavy atom. The van der Waals surface area contributed by atoms with Crippen LogP contribution in [0.1, 0.15) is 52.4 Å². The molecule has 0 N–H and O–H groups in total. The van der Waals surface area contributed by atoms with E-state index in [1.165, 1.54) is 64.8 Å². The van der Waals surface area contributed by atoms with Crippen molar-refractivity contribution >= 4 is 23.2 Å². The van der Waals surface area contributed by atoms with E-state index in [2.05, 4.69) is 33.4 Å². The number of fused-ring (bicyclic) bond motifs is 3. The number of hydrogen-bond donors (Lipinski definition) is 0. The first-order chi connectivity index (χ1) is 12.5. The van der Waals surface area contributed by atoms with Gasteiger partial charge in [-0.05, 0) is 45.4 Å².